The summed E-state index contributed by atoms with van der Waals surface area (Å²) in [7, 11) is 0. The SMILES string of the molecule is CCCC(=O)C1CCC1CCC(=O)c1ccc(-c2ccccc2C#N)nc1CCCc1cccc(F)c1.[HH].[HH]. The van der Waals surface area contributed by atoms with Gasteiger partial charge in [0.15, 0.2) is 5.78 Å². The molecular formula is C32H37FN2O2. The molecule has 5 heteroatoms. The third-order valence-corrected chi connectivity index (χ3v) is 7.44. The van der Waals surface area contributed by atoms with Gasteiger partial charge in [-0.3, -0.25) is 14.6 Å². The lowest BCUT2D eigenvalue weighted by Crippen LogP contribution is -2.33. The lowest BCUT2D eigenvalue weighted by Gasteiger charge is -2.35. The fraction of sp³-hybridized carbons (Fsp3) is 0.375. The molecule has 4 nitrogen and oxygen atoms in total. The van der Waals surface area contributed by atoms with E-state index in [2.05, 4.69) is 6.07 Å². The fourth-order valence-electron chi connectivity index (χ4n) is 5.27. The molecular weight excluding hydrogens is 463 g/mol. The highest BCUT2D eigenvalue weighted by Crippen LogP contribution is 2.39. The van der Waals surface area contributed by atoms with Gasteiger partial charge in [-0.25, -0.2) is 4.39 Å². The second-order valence-corrected chi connectivity index (χ2v) is 9.95. The zero-order valence-electron chi connectivity index (χ0n) is 21.4. The zero-order chi connectivity index (χ0) is 26.2. The Bertz CT molecular complexity index is 1320. The van der Waals surface area contributed by atoms with Gasteiger partial charge in [0.2, 0.25) is 0 Å². The topological polar surface area (TPSA) is 70.8 Å². The van der Waals surface area contributed by atoms with Crippen molar-refractivity contribution >= 4 is 11.6 Å². The number of carbonyl (C=O) groups is 2. The van der Waals surface area contributed by atoms with Crippen LogP contribution >= 0.6 is 0 Å². The summed E-state index contributed by atoms with van der Waals surface area (Å²) in [4.78, 5) is 30.5. The molecule has 1 aromatic heterocycles. The minimum absolute atomic E-state index is 0. The lowest BCUT2D eigenvalue weighted by molar-refractivity contribution is -0.128. The largest absolute Gasteiger partial charge is 0.299 e. The van der Waals surface area contributed by atoms with Gasteiger partial charge in [-0.2, -0.15) is 5.26 Å². The monoisotopic (exact) mass is 500 g/mol. The van der Waals surface area contributed by atoms with Gasteiger partial charge in [0, 0.05) is 32.7 Å². The van der Waals surface area contributed by atoms with E-state index in [1.165, 1.54) is 12.1 Å². The second kappa shape index (κ2) is 12.5. The number of rotatable bonds is 12. The first kappa shape index (κ1) is 26.4. The third kappa shape index (κ3) is 6.57. The van der Waals surface area contributed by atoms with Crippen LogP contribution in [0.25, 0.3) is 11.3 Å². The molecule has 1 heterocycles. The normalized spacial score (nSPS) is 16.6. The van der Waals surface area contributed by atoms with E-state index in [0.29, 0.717) is 59.9 Å². The molecule has 37 heavy (non-hydrogen) atoms. The van der Waals surface area contributed by atoms with Gasteiger partial charge in [-0.05, 0) is 86.8 Å². The second-order valence-electron chi connectivity index (χ2n) is 9.95. The number of halogens is 1. The zero-order valence-corrected chi connectivity index (χ0v) is 21.4. The lowest BCUT2D eigenvalue weighted by atomic mass is 9.68. The predicted octanol–water partition coefficient (Wildman–Crippen LogP) is 7.78. The molecule has 194 valence electrons. The number of benzene rings is 2. The third-order valence-electron chi connectivity index (χ3n) is 7.44. The molecule has 4 rings (SSSR count). The van der Waals surface area contributed by atoms with Gasteiger partial charge in [-0.1, -0.05) is 37.3 Å². The van der Waals surface area contributed by atoms with Crippen molar-refractivity contribution in [3.05, 3.63) is 88.9 Å². The molecule has 2 aromatic carbocycles. The van der Waals surface area contributed by atoms with Crippen LogP contribution in [-0.4, -0.2) is 16.6 Å². The van der Waals surface area contributed by atoms with E-state index >= 15 is 0 Å². The Morgan fingerprint density at radius 1 is 1.05 bits per heavy atom. The van der Waals surface area contributed by atoms with Crippen molar-refractivity contribution in [2.75, 3.05) is 0 Å². The van der Waals surface area contributed by atoms with Crippen LogP contribution in [0.1, 0.15) is 81.9 Å². The summed E-state index contributed by atoms with van der Waals surface area (Å²) in [6.07, 6.45) is 6.53. The van der Waals surface area contributed by atoms with Crippen molar-refractivity contribution in [2.45, 2.75) is 64.7 Å². The highest BCUT2D eigenvalue weighted by atomic mass is 19.1. The molecule has 2 atom stereocenters. The summed E-state index contributed by atoms with van der Waals surface area (Å²) in [5, 5.41) is 9.54. The summed E-state index contributed by atoms with van der Waals surface area (Å²) in [6.45, 7) is 2.02. The van der Waals surface area contributed by atoms with E-state index in [9.17, 15) is 19.2 Å². The highest BCUT2D eigenvalue weighted by molar-refractivity contribution is 5.97. The van der Waals surface area contributed by atoms with Crippen LogP contribution in [0.15, 0.2) is 60.7 Å². The number of nitrogens with zero attached hydrogens (tertiary/aromatic N) is 2. The first-order valence-electron chi connectivity index (χ1n) is 13.3. The number of hydrogen-bond donors (Lipinski definition) is 0. The Morgan fingerprint density at radius 3 is 2.62 bits per heavy atom. The Labute approximate surface area is 221 Å². The maximum Gasteiger partial charge on any atom is 0.164 e. The number of aromatic nitrogens is 1. The van der Waals surface area contributed by atoms with E-state index in [-0.39, 0.29) is 20.4 Å². The van der Waals surface area contributed by atoms with E-state index < -0.39 is 0 Å². The number of ketones is 2. The van der Waals surface area contributed by atoms with E-state index in [1.807, 2.05) is 43.3 Å². The Balaban J connectivity index is 0.00000267. The first-order chi connectivity index (χ1) is 18.0. The Hall–Kier alpha value is -3.65. The number of hydrogen-bond acceptors (Lipinski definition) is 4. The van der Waals surface area contributed by atoms with Gasteiger partial charge in [-0.15, -0.1) is 0 Å². The molecule has 0 spiro atoms. The van der Waals surface area contributed by atoms with Crippen LogP contribution < -0.4 is 0 Å². The minimum Gasteiger partial charge on any atom is -0.299 e. The number of carbonyl (C=O) groups excluding carboxylic acids is 2. The summed E-state index contributed by atoms with van der Waals surface area (Å²) >= 11 is 0. The molecule has 3 aromatic rings. The standard InChI is InChI=1S/C32H33FN2O2.2H2/c1-2-7-31(36)27-16-14-23(27)15-19-32(37)28-17-18-30(26-12-4-3-10-24(26)21-34)35-29(28)13-6-9-22-8-5-11-25(33)20-22;;/h3-5,8,10-12,17-18,20,23,27H,2,6-7,9,13-16,19H2,1H3;2*1H. The molecule has 1 aliphatic rings. The van der Waals surface area contributed by atoms with Gasteiger partial charge < -0.3 is 0 Å². The molecule has 1 saturated carbocycles. The highest BCUT2D eigenvalue weighted by Gasteiger charge is 2.35. The van der Waals surface area contributed by atoms with Crippen LogP contribution in [-0.2, 0) is 17.6 Å². The number of aryl methyl sites for hydroxylation is 2. The predicted molar refractivity (Wildman–Crippen MR) is 147 cm³/mol. The van der Waals surface area contributed by atoms with Gasteiger partial charge in [0.05, 0.1) is 23.0 Å². The number of Topliss-reactive ketones (excluding diaryl/α,β-unsaturated/α-hetero) is 2. The molecule has 2 unspecified atom stereocenters. The van der Waals surface area contributed by atoms with Crippen LogP contribution in [0.3, 0.4) is 0 Å². The Kier molecular flexibility index (Phi) is 8.95. The molecule has 0 aliphatic heterocycles. The Morgan fingerprint density at radius 2 is 1.89 bits per heavy atom. The molecule has 0 amide bonds. The van der Waals surface area contributed by atoms with Gasteiger partial charge in [0.1, 0.15) is 11.6 Å². The summed E-state index contributed by atoms with van der Waals surface area (Å²) < 4.78 is 13.6. The van der Waals surface area contributed by atoms with E-state index in [0.717, 1.165) is 43.2 Å². The smallest absolute Gasteiger partial charge is 0.164 e. The molecule has 0 saturated heterocycles. The van der Waals surface area contributed by atoms with Crippen molar-refractivity contribution in [3.8, 4) is 17.3 Å². The fourth-order valence-corrected chi connectivity index (χ4v) is 5.27. The average Bonchev–Trinajstić information content (AvgIpc) is 2.88. The maximum absolute atomic E-state index is 13.6. The first-order valence-corrected chi connectivity index (χ1v) is 13.3. The van der Waals surface area contributed by atoms with Crippen molar-refractivity contribution in [1.82, 2.24) is 4.98 Å². The molecule has 0 bridgehead atoms. The van der Waals surface area contributed by atoms with Crippen molar-refractivity contribution < 1.29 is 16.8 Å². The van der Waals surface area contributed by atoms with E-state index in [1.54, 1.807) is 12.1 Å². The summed E-state index contributed by atoms with van der Waals surface area (Å²) in [6, 6.07) is 19.7. The van der Waals surface area contributed by atoms with Crippen LogP contribution in [0.5, 0.6) is 0 Å². The van der Waals surface area contributed by atoms with E-state index in [4.69, 9.17) is 4.98 Å². The van der Waals surface area contributed by atoms with Crippen LogP contribution in [0.2, 0.25) is 0 Å². The minimum atomic E-state index is -0.256. The molecule has 0 radical (unpaired) electrons. The molecule has 1 fully saturated rings. The molecule has 0 N–H and O–H groups in total. The molecule has 1 aliphatic carbocycles. The van der Waals surface area contributed by atoms with Crippen molar-refractivity contribution in [3.63, 3.8) is 0 Å². The van der Waals surface area contributed by atoms with Gasteiger partial charge in [0.25, 0.3) is 0 Å². The average molecular weight is 501 g/mol. The maximum atomic E-state index is 13.6. The van der Waals surface area contributed by atoms with Crippen LogP contribution in [0, 0.1) is 29.0 Å². The number of nitriles is 1. The quantitative estimate of drug-likeness (QED) is 0.238. The van der Waals surface area contributed by atoms with Crippen molar-refractivity contribution in [2.24, 2.45) is 11.8 Å². The van der Waals surface area contributed by atoms with Gasteiger partial charge >= 0.3 is 0 Å². The summed E-state index contributed by atoms with van der Waals surface area (Å²) in [5.41, 5.74) is 4.16. The van der Waals surface area contributed by atoms with Crippen molar-refractivity contribution in [1.29, 1.82) is 5.26 Å². The summed E-state index contributed by atoms with van der Waals surface area (Å²) in [5.74, 6) is 0.539. The van der Waals surface area contributed by atoms with Crippen LogP contribution in [0.4, 0.5) is 4.39 Å². The number of pyridine rings is 1.